The maximum atomic E-state index is 5.42. The van der Waals surface area contributed by atoms with Crippen molar-refractivity contribution in [2.24, 2.45) is 0 Å². The van der Waals surface area contributed by atoms with Gasteiger partial charge in [-0.2, -0.15) is 0 Å². The summed E-state index contributed by atoms with van der Waals surface area (Å²) in [5.74, 6) is 1.46. The van der Waals surface area contributed by atoms with Gasteiger partial charge in [-0.05, 0) is 62.7 Å². The molecule has 3 nitrogen and oxygen atoms in total. The summed E-state index contributed by atoms with van der Waals surface area (Å²) in [7, 11) is 1.72. The van der Waals surface area contributed by atoms with Crippen LogP contribution >= 0.6 is 12.2 Å². The first kappa shape index (κ1) is 13.8. The molecule has 1 unspecified atom stereocenters. The van der Waals surface area contributed by atoms with Gasteiger partial charge in [0.25, 0.3) is 0 Å². The zero-order chi connectivity index (χ0) is 13.9. The summed E-state index contributed by atoms with van der Waals surface area (Å²) >= 11 is 5.42. The fourth-order valence-electron chi connectivity index (χ4n) is 3.24. The fourth-order valence-corrected chi connectivity index (χ4v) is 3.50. The fraction of sp³-hybridized carbons (Fsp3) is 0.562. The zero-order valence-corrected chi connectivity index (χ0v) is 12.8. The van der Waals surface area contributed by atoms with Crippen molar-refractivity contribution in [2.75, 3.05) is 33.3 Å². The van der Waals surface area contributed by atoms with Crippen LogP contribution in [-0.2, 0) is 0 Å². The number of nitrogens with zero attached hydrogens (tertiary/aromatic N) is 1. The highest BCUT2D eigenvalue weighted by atomic mass is 32.1. The summed E-state index contributed by atoms with van der Waals surface area (Å²) < 4.78 is 5.37. The van der Waals surface area contributed by atoms with Gasteiger partial charge in [0.15, 0.2) is 0 Å². The van der Waals surface area contributed by atoms with E-state index in [1.54, 1.807) is 7.11 Å². The van der Waals surface area contributed by atoms with Crippen LogP contribution in [-0.4, -0.2) is 43.2 Å². The van der Waals surface area contributed by atoms with Crippen molar-refractivity contribution < 1.29 is 4.74 Å². The molecule has 0 bridgehead atoms. The Morgan fingerprint density at radius 2 is 2.15 bits per heavy atom. The lowest BCUT2D eigenvalue weighted by Crippen LogP contribution is -2.35. The van der Waals surface area contributed by atoms with Crippen LogP contribution in [0, 0.1) is 0 Å². The summed E-state index contributed by atoms with van der Waals surface area (Å²) in [4.78, 5) is 3.45. The van der Waals surface area contributed by atoms with Crippen LogP contribution in [0.5, 0.6) is 5.75 Å². The molecule has 1 aromatic carbocycles. The van der Waals surface area contributed by atoms with E-state index in [-0.39, 0.29) is 0 Å². The van der Waals surface area contributed by atoms with Gasteiger partial charge in [0.05, 0.1) is 7.11 Å². The molecule has 3 rings (SSSR count). The Labute approximate surface area is 126 Å². The van der Waals surface area contributed by atoms with Crippen LogP contribution in [0.1, 0.15) is 36.3 Å². The van der Waals surface area contributed by atoms with Gasteiger partial charge in [-0.1, -0.05) is 12.2 Å². The molecule has 20 heavy (non-hydrogen) atoms. The van der Waals surface area contributed by atoms with Gasteiger partial charge < -0.3 is 15.0 Å². The minimum Gasteiger partial charge on any atom is -0.497 e. The Morgan fingerprint density at radius 3 is 2.90 bits per heavy atom. The molecule has 2 aliphatic rings. The number of rotatable bonds is 4. The van der Waals surface area contributed by atoms with Gasteiger partial charge >= 0.3 is 0 Å². The van der Waals surface area contributed by atoms with E-state index in [2.05, 4.69) is 22.3 Å². The number of likely N-dealkylation sites (tertiary alicyclic amines) is 1. The Bertz CT molecular complexity index is 497. The summed E-state index contributed by atoms with van der Waals surface area (Å²) in [6.07, 6.45) is 3.91. The van der Waals surface area contributed by atoms with Crippen LogP contribution in [0.15, 0.2) is 18.2 Å². The molecule has 0 amide bonds. The maximum Gasteiger partial charge on any atom is 0.119 e. The van der Waals surface area contributed by atoms with Crippen LogP contribution < -0.4 is 10.1 Å². The number of thiocarbonyl (C=S) groups is 1. The van der Waals surface area contributed by atoms with Gasteiger partial charge in [-0.15, -0.1) is 0 Å². The van der Waals surface area contributed by atoms with Gasteiger partial charge in [0.1, 0.15) is 10.7 Å². The molecule has 0 aromatic heterocycles. The van der Waals surface area contributed by atoms with Crippen molar-refractivity contribution in [3.63, 3.8) is 0 Å². The average molecular weight is 290 g/mol. The SMILES string of the molecule is COc1ccc2c(c1)C(CCN1CCCC1)CNC2=S. The molecule has 1 atom stereocenters. The predicted molar refractivity (Wildman–Crippen MR) is 85.7 cm³/mol. The number of ether oxygens (including phenoxy) is 1. The summed E-state index contributed by atoms with van der Waals surface area (Å²) in [5.41, 5.74) is 2.53. The molecular formula is C16H22N2OS. The van der Waals surface area contributed by atoms with Crippen molar-refractivity contribution in [3.8, 4) is 5.75 Å². The van der Waals surface area contributed by atoms with Crippen molar-refractivity contribution in [3.05, 3.63) is 29.3 Å². The second kappa shape index (κ2) is 6.10. The highest BCUT2D eigenvalue weighted by molar-refractivity contribution is 7.80. The van der Waals surface area contributed by atoms with Crippen LogP contribution in [0.4, 0.5) is 0 Å². The molecular weight excluding hydrogens is 268 g/mol. The largest absolute Gasteiger partial charge is 0.497 e. The topological polar surface area (TPSA) is 24.5 Å². The van der Waals surface area contributed by atoms with Crippen molar-refractivity contribution in [1.29, 1.82) is 0 Å². The van der Waals surface area contributed by atoms with E-state index >= 15 is 0 Å². The molecule has 2 heterocycles. The van der Waals surface area contributed by atoms with Gasteiger partial charge in [-0.25, -0.2) is 0 Å². The number of nitrogens with one attached hydrogen (secondary N) is 1. The Morgan fingerprint density at radius 1 is 1.35 bits per heavy atom. The van der Waals surface area contributed by atoms with Gasteiger partial charge in [-0.3, -0.25) is 0 Å². The lowest BCUT2D eigenvalue weighted by atomic mass is 9.88. The molecule has 1 aromatic rings. The van der Waals surface area contributed by atoms with Gasteiger partial charge in [0.2, 0.25) is 0 Å². The molecule has 2 aliphatic heterocycles. The molecule has 0 saturated carbocycles. The van der Waals surface area contributed by atoms with Crippen molar-refractivity contribution >= 4 is 17.2 Å². The van der Waals surface area contributed by atoms with Gasteiger partial charge in [0, 0.05) is 18.0 Å². The highest BCUT2D eigenvalue weighted by Crippen LogP contribution is 2.30. The third-order valence-corrected chi connectivity index (χ3v) is 4.81. The first-order chi connectivity index (χ1) is 9.78. The van der Waals surface area contributed by atoms with Crippen LogP contribution in [0.2, 0.25) is 0 Å². The average Bonchev–Trinajstić information content (AvgIpc) is 2.99. The lowest BCUT2D eigenvalue weighted by Gasteiger charge is -2.29. The quantitative estimate of drug-likeness (QED) is 0.861. The van der Waals surface area contributed by atoms with E-state index < -0.39 is 0 Å². The highest BCUT2D eigenvalue weighted by Gasteiger charge is 2.24. The van der Waals surface area contributed by atoms with E-state index in [1.165, 1.54) is 50.0 Å². The Hall–Kier alpha value is -1.13. The van der Waals surface area contributed by atoms with E-state index in [0.717, 1.165) is 17.3 Å². The summed E-state index contributed by atoms with van der Waals surface area (Å²) in [6, 6.07) is 6.25. The number of hydrogen-bond donors (Lipinski definition) is 1. The second-order valence-corrected chi connectivity index (χ2v) is 6.11. The van der Waals surface area contributed by atoms with E-state index in [9.17, 15) is 0 Å². The molecule has 1 fully saturated rings. The van der Waals surface area contributed by atoms with Crippen molar-refractivity contribution in [2.45, 2.75) is 25.2 Å². The Balaban J connectivity index is 1.75. The molecule has 0 aliphatic carbocycles. The number of fused-ring (bicyclic) bond motifs is 1. The zero-order valence-electron chi connectivity index (χ0n) is 12.0. The van der Waals surface area contributed by atoms with E-state index in [4.69, 9.17) is 17.0 Å². The molecule has 108 valence electrons. The minimum absolute atomic E-state index is 0.535. The first-order valence-corrected chi connectivity index (χ1v) is 7.87. The third-order valence-electron chi connectivity index (χ3n) is 4.44. The Kier molecular flexibility index (Phi) is 4.22. The molecule has 4 heteroatoms. The normalized spacial score (nSPS) is 22.4. The van der Waals surface area contributed by atoms with Crippen LogP contribution in [0.25, 0.3) is 0 Å². The first-order valence-electron chi connectivity index (χ1n) is 7.46. The molecule has 0 spiro atoms. The smallest absolute Gasteiger partial charge is 0.119 e. The maximum absolute atomic E-state index is 5.42. The van der Waals surface area contributed by atoms with Crippen molar-refractivity contribution in [1.82, 2.24) is 10.2 Å². The van der Waals surface area contributed by atoms with E-state index in [0.29, 0.717) is 5.92 Å². The number of hydrogen-bond acceptors (Lipinski definition) is 3. The molecule has 0 radical (unpaired) electrons. The minimum atomic E-state index is 0.535. The number of benzene rings is 1. The standard InChI is InChI=1S/C16H22N2OS/c1-19-13-4-5-14-15(10-13)12(11-17-16(14)20)6-9-18-7-2-3-8-18/h4-5,10,12H,2-3,6-9,11H2,1H3,(H,17,20). The number of methoxy groups -OCH3 is 1. The third kappa shape index (κ3) is 2.81. The monoisotopic (exact) mass is 290 g/mol. The lowest BCUT2D eigenvalue weighted by molar-refractivity contribution is 0.320. The second-order valence-electron chi connectivity index (χ2n) is 5.70. The summed E-state index contributed by atoms with van der Waals surface area (Å²) in [5, 5.41) is 3.37. The molecule has 1 N–H and O–H groups in total. The summed E-state index contributed by atoms with van der Waals surface area (Å²) in [6.45, 7) is 4.68. The van der Waals surface area contributed by atoms with Crippen LogP contribution in [0.3, 0.4) is 0 Å². The van der Waals surface area contributed by atoms with E-state index in [1.807, 2.05) is 6.07 Å². The molecule has 1 saturated heterocycles. The predicted octanol–water partition coefficient (Wildman–Crippen LogP) is 2.54.